The molecule has 0 aliphatic rings. The van der Waals surface area contributed by atoms with Crippen LogP contribution in [0, 0.1) is 5.82 Å². The summed E-state index contributed by atoms with van der Waals surface area (Å²) >= 11 is 13.2. The molecule has 88 valence electrons. The van der Waals surface area contributed by atoms with E-state index in [1.54, 1.807) is 30.0 Å². The fourth-order valence-corrected chi connectivity index (χ4v) is 2.62. The van der Waals surface area contributed by atoms with Crippen LogP contribution in [0.2, 0.25) is 10.3 Å². The maximum Gasteiger partial charge on any atom is 0.134 e. The standard InChI is InChI=1S/C12H8Cl2FNS/c13-11-6-1-8(12(14)16-11)7-17-10-4-2-9(15)3-5-10/h1-6H,7H2. The van der Waals surface area contributed by atoms with Crippen LogP contribution in [0.3, 0.4) is 0 Å². The largest absolute Gasteiger partial charge is 0.224 e. The highest BCUT2D eigenvalue weighted by Crippen LogP contribution is 2.26. The second-order valence-electron chi connectivity index (χ2n) is 3.33. The maximum absolute atomic E-state index is 12.7. The average Bonchev–Trinajstić information content (AvgIpc) is 2.30. The van der Waals surface area contributed by atoms with Crippen molar-refractivity contribution in [3.63, 3.8) is 0 Å². The highest BCUT2D eigenvalue weighted by molar-refractivity contribution is 7.98. The highest BCUT2D eigenvalue weighted by Gasteiger charge is 2.03. The van der Waals surface area contributed by atoms with Gasteiger partial charge in [-0.1, -0.05) is 29.3 Å². The zero-order chi connectivity index (χ0) is 12.3. The number of hydrogen-bond acceptors (Lipinski definition) is 2. The number of halogens is 3. The molecule has 0 aliphatic carbocycles. The van der Waals surface area contributed by atoms with Gasteiger partial charge in [-0.25, -0.2) is 9.37 Å². The van der Waals surface area contributed by atoms with Crippen molar-refractivity contribution in [1.29, 1.82) is 0 Å². The fourth-order valence-electron chi connectivity index (χ4n) is 1.24. The van der Waals surface area contributed by atoms with E-state index in [2.05, 4.69) is 4.98 Å². The van der Waals surface area contributed by atoms with Crippen molar-refractivity contribution in [2.24, 2.45) is 0 Å². The fraction of sp³-hybridized carbons (Fsp3) is 0.0833. The summed E-state index contributed by atoms with van der Waals surface area (Å²) in [5.41, 5.74) is 0.908. The summed E-state index contributed by atoms with van der Waals surface area (Å²) in [4.78, 5) is 4.94. The minimum Gasteiger partial charge on any atom is -0.224 e. The molecule has 17 heavy (non-hydrogen) atoms. The van der Waals surface area contributed by atoms with Gasteiger partial charge >= 0.3 is 0 Å². The Morgan fingerprint density at radius 3 is 2.41 bits per heavy atom. The molecule has 0 saturated heterocycles. The Bertz CT molecular complexity index is 516. The quantitative estimate of drug-likeness (QED) is 0.593. The molecule has 2 aromatic rings. The molecule has 0 bridgehead atoms. The van der Waals surface area contributed by atoms with Gasteiger partial charge in [-0.3, -0.25) is 0 Å². The molecule has 1 aromatic heterocycles. The van der Waals surface area contributed by atoms with Gasteiger partial charge in [-0.15, -0.1) is 11.8 Å². The molecular weight excluding hydrogens is 280 g/mol. The van der Waals surface area contributed by atoms with Crippen molar-refractivity contribution in [1.82, 2.24) is 4.98 Å². The summed E-state index contributed by atoms with van der Waals surface area (Å²) in [5.74, 6) is 0.440. The number of hydrogen-bond donors (Lipinski definition) is 0. The van der Waals surface area contributed by atoms with Crippen LogP contribution in [0.25, 0.3) is 0 Å². The molecule has 0 atom stereocenters. The Kier molecular flexibility index (Phi) is 4.26. The van der Waals surface area contributed by atoms with Crippen molar-refractivity contribution < 1.29 is 4.39 Å². The summed E-state index contributed by atoms with van der Waals surface area (Å²) in [5, 5.41) is 0.789. The van der Waals surface area contributed by atoms with Crippen LogP contribution in [0.15, 0.2) is 41.3 Å². The summed E-state index contributed by atoms with van der Waals surface area (Å²) < 4.78 is 12.7. The van der Waals surface area contributed by atoms with E-state index >= 15 is 0 Å². The van der Waals surface area contributed by atoms with Gasteiger partial charge in [0.2, 0.25) is 0 Å². The topological polar surface area (TPSA) is 12.9 Å². The summed E-state index contributed by atoms with van der Waals surface area (Å²) in [6.45, 7) is 0. The van der Waals surface area contributed by atoms with Crippen molar-refractivity contribution in [2.45, 2.75) is 10.6 Å². The molecule has 0 N–H and O–H groups in total. The third kappa shape index (κ3) is 3.60. The first-order valence-electron chi connectivity index (χ1n) is 4.84. The number of thioether (sulfide) groups is 1. The van der Waals surface area contributed by atoms with Gasteiger partial charge in [0.25, 0.3) is 0 Å². The Hall–Kier alpha value is -0.770. The maximum atomic E-state index is 12.7. The lowest BCUT2D eigenvalue weighted by Crippen LogP contribution is -1.86. The molecule has 1 aromatic carbocycles. The lowest BCUT2D eigenvalue weighted by atomic mass is 10.3. The first-order chi connectivity index (χ1) is 8.15. The molecule has 0 amide bonds. The van der Waals surface area contributed by atoms with Crippen molar-refractivity contribution in [3.05, 3.63) is 58.1 Å². The second-order valence-corrected chi connectivity index (χ2v) is 5.12. The normalized spacial score (nSPS) is 10.5. The zero-order valence-electron chi connectivity index (χ0n) is 8.66. The monoisotopic (exact) mass is 287 g/mol. The minimum absolute atomic E-state index is 0.236. The third-order valence-corrected chi connectivity index (χ3v) is 3.70. The first-order valence-corrected chi connectivity index (χ1v) is 6.58. The molecule has 0 spiro atoms. The van der Waals surface area contributed by atoms with Crippen LogP contribution >= 0.6 is 35.0 Å². The SMILES string of the molecule is Fc1ccc(SCc2ccc(Cl)nc2Cl)cc1. The Balaban J connectivity index is 2.04. The summed E-state index contributed by atoms with van der Waals surface area (Å²) in [6, 6.07) is 9.88. The third-order valence-electron chi connectivity index (χ3n) is 2.10. The van der Waals surface area contributed by atoms with Crippen LogP contribution in [-0.2, 0) is 5.75 Å². The highest BCUT2D eigenvalue weighted by atomic mass is 35.5. The van der Waals surface area contributed by atoms with Crippen molar-refractivity contribution in [2.75, 3.05) is 0 Å². The van der Waals surface area contributed by atoms with E-state index < -0.39 is 0 Å². The van der Waals surface area contributed by atoms with E-state index in [0.717, 1.165) is 10.5 Å². The Morgan fingerprint density at radius 2 is 1.76 bits per heavy atom. The van der Waals surface area contributed by atoms with E-state index in [0.29, 0.717) is 16.1 Å². The van der Waals surface area contributed by atoms with Crippen LogP contribution in [0.1, 0.15) is 5.56 Å². The van der Waals surface area contributed by atoms with Gasteiger partial charge in [0.05, 0.1) is 0 Å². The molecule has 0 saturated carbocycles. The van der Waals surface area contributed by atoms with E-state index in [4.69, 9.17) is 23.2 Å². The summed E-state index contributed by atoms with van der Waals surface area (Å²) in [6.07, 6.45) is 0. The molecule has 1 heterocycles. The van der Waals surface area contributed by atoms with E-state index in [1.807, 2.05) is 6.07 Å². The Morgan fingerprint density at radius 1 is 1.06 bits per heavy atom. The van der Waals surface area contributed by atoms with E-state index in [9.17, 15) is 4.39 Å². The molecule has 2 rings (SSSR count). The molecule has 0 radical (unpaired) electrons. The van der Waals surface area contributed by atoms with E-state index in [-0.39, 0.29) is 5.82 Å². The van der Waals surface area contributed by atoms with Gasteiger partial charge in [-0.2, -0.15) is 0 Å². The second kappa shape index (κ2) is 5.71. The van der Waals surface area contributed by atoms with Gasteiger partial charge in [0.1, 0.15) is 16.1 Å². The molecule has 0 unspecified atom stereocenters. The predicted molar refractivity (Wildman–Crippen MR) is 70.2 cm³/mol. The molecule has 0 fully saturated rings. The van der Waals surface area contributed by atoms with Gasteiger partial charge in [0.15, 0.2) is 0 Å². The van der Waals surface area contributed by atoms with Crippen molar-refractivity contribution >= 4 is 35.0 Å². The number of benzene rings is 1. The molecule has 0 aliphatic heterocycles. The molecular formula is C12H8Cl2FNS. The number of aromatic nitrogens is 1. The lowest BCUT2D eigenvalue weighted by molar-refractivity contribution is 0.626. The predicted octanol–water partition coefficient (Wildman–Crippen LogP) is 4.82. The van der Waals surface area contributed by atoms with Gasteiger partial charge in [0, 0.05) is 10.6 Å². The van der Waals surface area contributed by atoms with Crippen LogP contribution in [0.4, 0.5) is 4.39 Å². The number of rotatable bonds is 3. The van der Waals surface area contributed by atoms with Crippen LogP contribution in [-0.4, -0.2) is 4.98 Å². The first kappa shape index (κ1) is 12.7. The Labute approximate surface area is 113 Å². The van der Waals surface area contributed by atoms with Crippen LogP contribution in [0.5, 0.6) is 0 Å². The van der Waals surface area contributed by atoms with E-state index in [1.165, 1.54) is 12.1 Å². The smallest absolute Gasteiger partial charge is 0.134 e. The van der Waals surface area contributed by atoms with Crippen molar-refractivity contribution in [3.8, 4) is 0 Å². The van der Waals surface area contributed by atoms with Crippen LogP contribution < -0.4 is 0 Å². The summed E-state index contributed by atoms with van der Waals surface area (Å²) in [7, 11) is 0. The lowest BCUT2D eigenvalue weighted by Gasteiger charge is -2.04. The zero-order valence-corrected chi connectivity index (χ0v) is 11.0. The average molecular weight is 288 g/mol. The molecule has 5 heteroatoms. The van der Waals surface area contributed by atoms with Gasteiger partial charge in [-0.05, 0) is 35.9 Å². The van der Waals surface area contributed by atoms with Gasteiger partial charge < -0.3 is 0 Å². The molecule has 1 nitrogen and oxygen atoms in total. The minimum atomic E-state index is -0.236. The number of pyridine rings is 1. The number of nitrogens with zero attached hydrogens (tertiary/aromatic N) is 1.